The lowest BCUT2D eigenvalue weighted by Gasteiger charge is -2.25. The smallest absolute Gasteiger partial charge is 0.0467 e. The second-order valence-electron chi connectivity index (χ2n) is 5.33. The number of ether oxygens (including phenoxy) is 1. The summed E-state index contributed by atoms with van der Waals surface area (Å²) in [5, 5.41) is 6.95. The zero-order valence-corrected chi connectivity index (χ0v) is 11.7. The Morgan fingerprint density at radius 3 is 2.56 bits per heavy atom. The molecule has 0 fully saturated rings. The highest BCUT2D eigenvalue weighted by Crippen LogP contribution is 2.18. The van der Waals surface area contributed by atoms with Crippen LogP contribution >= 0.6 is 0 Å². The van der Waals surface area contributed by atoms with Gasteiger partial charge < -0.3 is 15.4 Å². The molecule has 0 saturated heterocycles. The number of nitrogens with one attached hydrogen (secondary N) is 2. The lowest BCUT2D eigenvalue weighted by atomic mass is 9.89. The summed E-state index contributed by atoms with van der Waals surface area (Å²) in [6, 6.07) is 0.611. The van der Waals surface area contributed by atoms with Crippen LogP contribution in [0.4, 0.5) is 0 Å². The van der Waals surface area contributed by atoms with Crippen molar-refractivity contribution in [2.24, 2.45) is 5.41 Å². The largest absolute Gasteiger partial charge is 0.385 e. The maximum atomic E-state index is 5.12. The van der Waals surface area contributed by atoms with E-state index in [0.717, 1.165) is 32.7 Å². The van der Waals surface area contributed by atoms with Gasteiger partial charge in [0.05, 0.1) is 0 Å². The van der Waals surface area contributed by atoms with Gasteiger partial charge in [-0.25, -0.2) is 0 Å². The van der Waals surface area contributed by atoms with E-state index in [1.807, 2.05) is 0 Å². The third-order valence-corrected chi connectivity index (χ3v) is 2.89. The number of hydrogen-bond acceptors (Lipinski definition) is 3. The lowest BCUT2D eigenvalue weighted by Crippen LogP contribution is -2.34. The predicted molar refractivity (Wildman–Crippen MR) is 70.9 cm³/mol. The Morgan fingerprint density at radius 2 is 2.00 bits per heavy atom. The summed E-state index contributed by atoms with van der Waals surface area (Å²) in [6.07, 6.45) is 2.30. The van der Waals surface area contributed by atoms with Crippen molar-refractivity contribution in [3.63, 3.8) is 0 Å². The fraction of sp³-hybridized carbons (Fsp3) is 1.00. The highest BCUT2D eigenvalue weighted by molar-refractivity contribution is 4.72. The van der Waals surface area contributed by atoms with Crippen LogP contribution in [0.1, 0.15) is 40.5 Å². The summed E-state index contributed by atoms with van der Waals surface area (Å²) >= 11 is 0. The second-order valence-corrected chi connectivity index (χ2v) is 5.33. The van der Waals surface area contributed by atoms with Gasteiger partial charge in [-0.1, -0.05) is 20.8 Å². The molecular formula is C13H30N2O. The van der Waals surface area contributed by atoms with E-state index in [2.05, 4.69) is 38.3 Å². The number of methoxy groups -OCH3 is 1. The Balaban J connectivity index is 3.49. The number of hydrogen-bond donors (Lipinski definition) is 2. The Bertz CT molecular complexity index is 160. The molecule has 0 bridgehead atoms. The first-order chi connectivity index (χ1) is 7.52. The standard InChI is InChI=1S/C13H30N2O/c1-6-15-12(2)7-9-14-11-13(3,4)8-10-16-5/h12,14-15H,6-11H2,1-5H3. The molecule has 3 heteroatoms. The van der Waals surface area contributed by atoms with Gasteiger partial charge in [-0.05, 0) is 38.3 Å². The first-order valence-corrected chi connectivity index (χ1v) is 6.45. The van der Waals surface area contributed by atoms with E-state index in [4.69, 9.17) is 4.74 Å². The van der Waals surface area contributed by atoms with Gasteiger partial charge in [0, 0.05) is 26.3 Å². The van der Waals surface area contributed by atoms with Crippen molar-refractivity contribution in [1.29, 1.82) is 0 Å². The molecule has 2 N–H and O–H groups in total. The van der Waals surface area contributed by atoms with Gasteiger partial charge in [0.15, 0.2) is 0 Å². The Kier molecular flexibility index (Phi) is 8.90. The van der Waals surface area contributed by atoms with Gasteiger partial charge in [0.1, 0.15) is 0 Å². The van der Waals surface area contributed by atoms with Crippen molar-refractivity contribution in [1.82, 2.24) is 10.6 Å². The van der Waals surface area contributed by atoms with Crippen LogP contribution in [0.25, 0.3) is 0 Å². The molecule has 0 saturated carbocycles. The summed E-state index contributed by atoms with van der Waals surface area (Å²) in [5.74, 6) is 0. The van der Waals surface area contributed by atoms with Gasteiger partial charge in [-0.2, -0.15) is 0 Å². The van der Waals surface area contributed by atoms with E-state index in [-0.39, 0.29) is 0 Å². The van der Waals surface area contributed by atoms with Crippen LogP contribution in [0.2, 0.25) is 0 Å². The normalized spacial score (nSPS) is 14.1. The third kappa shape index (κ3) is 9.13. The van der Waals surface area contributed by atoms with Crippen LogP contribution < -0.4 is 10.6 Å². The molecule has 1 unspecified atom stereocenters. The van der Waals surface area contributed by atoms with E-state index in [1.54, 1.807) is 7.11 Å². The molecule has 0 aliphatic rings. The van der Waals surface area contributed by atoms with Crippen molar-refractivity contribution in [2.45, 2.75) is 46.6 Å². The maximum Gasteiger partial charge on any atom is 0.0467 e. The monoisotopic (exact) mass is 230 g/mol. The van der Waals surface area contributed by atoms with Crippen LogP contribution in [0, 0.1) is 5.41 Å². The molecule has 1 atom stereocenters. The first-order valence-electron chi connectivity index (χ1n) is 6.45. The molecule has 0 aliphatic carbocycles. The minimum absolute atomic E-state index is 0.331. The molecule has 98 valence electrons. The zero-order chi connectivity index (χ0) is 12.4. The van der Waals surface area contributed by atoms with Crippen LogP contribution in [0.3, 0.4) is 0 Å². The molecule has 0 spiro atoms. The fourth-order valence-electron chi connectivity index (χ4n) is 1.66. The van der Waals surface area contributed by atoms with Gasteiger partial charge in [-0.15, -0.1) is 0 Å². The van der Waals surface area contributed by atoms with Crippen molar-refractivity contribution in [3.05, 3.63) is 0 Å². The Hall–Kier alpha value is -0.120. The van der Waals surface area contributed by atoms with E-state index in [9.17, 15) is 0 Å². The zero-order valence-electron chi connectivity index (χ0n) is 11.7. The average Bonchev–Trinajstić information content (AvgIpc) is 2.22. The molecule has 0 aromatic carbocycles. The van der Waals surface area contributed by atoms with Gasteiger partial charge >= 0.3 is 0 Å². The Morgan fingerprint density at radius 1 is 1.31 bits per heavy atom. The highest BCUT2D eigenvalue weighted by Gasteiger charge is 2.16. The van der Waals surface area contributed by atoms with Crippen LogP contribution in [0.15, 0.2) is 0 Å². The van der Waals surface area contributed by atoms with E-state index in [0.29, 0.717) is 11.5 Å². The minimum atomic E-state index is 0.331. The lowest BCUT2D eigenvalue weighted by molar-refractivity contribution is 0.150. The van der Waals surface area contributed by atoms with Crippen LogP contribution in [-0.4, -0.2) is 39.4 Å². The van der Waals surface area contributed by atoms with Crippen molar-refractivity contribution in [2.75, 3.05) is 33.4 Å². The van der Waals surface area contributed by atoms with E-state index >= 15 is 0 Å². The van der Waals surface area contributed by atoms with Crippen molar-refractivity contribution >= 4 is 0 Å². The first kappa shape index (κ1) is 15.9. The Labute approximate surface area is 101 Å². The van der Waals surface area contributed by atoms with Crippen LogP contribution in [-0.2, 0) is 4.74 Å². The molecule has 0 amide bonds. The molecule has 0 aromatic rings. The quantitative estimate of drug-likeness (QED) is 0.563. The molecule has 0 aromatic heterocycles. The average molecular weight is 230 g/mol. The molecular weight excluding hydrogens is 200 g/mol. The third-order valence-electron chi connectivity index (χ3n) is 2.89. The molecule has 16 heavy (non-hydrogen) atoms. The summed E-state index contributed by atoms with van der Waals surface area (Å²) in [6.45, 7) is 13.0. The van der Waals surface area contributed by atoms with Crippen LogP contribution in [0.5, 0.6) is 0 Å². The molecule has 0 radical (unpaired) electrons. The van der Waals surface area contributed by atoms with Gasteiger partial charge in [0.25, 0.3) is 0 Å². The maximum absolute atomic E-state index is 5.12. The predicted octanol–water partition coefficient (Wildman–Crippen LogP) is 2.03. The fourth-order valence-corrected chi connectivity index (χ4v) is 1.66. The van der Waals surface area contributed by atoms with Crippen molar-refractivity contribution in [3.8, 4) is 0 Å². The highest BCUT2D eigenvalue weighted by atomic mass is 16.5. The van der Waals surface area contributed by atoms with Gasteiger partial charge in [-0.3, -0.25) is 0 Å². The summed E-state index contributed by atoms with van der Waals surface area (Å²) in [4.78, 5) is 0. The number of rotatable bonds is 10. The second kappa shape index (κ2) is 8.97. The summed E-state index contributed by atoms with van der Waals surface area (Å²) in [5.41, 5.74) is 0.331. The topological polar surface area (TPSA) is 33.3 Å². The van der Waals surface area contributed by atoms with E-state index < -0.39 is 0 Å². The van der Waals surface area contributed by atoms with Gasteiger partial charge in [0.2, 0.25) is 0 Å². The summed E-state index contributed by atoms with van der Waals surface area (Å²) in [7, 11) is 1.77. The molecule has 0 aliphatic heterocycles. The minimum Gasteiger partial charge on any atom is -0.385 e. The SMILES string of the molecule is CCNC(C)CCNCC(C)(C)CCOC. The summed E-state index contributed by atoms with van der Waals surface area (Å²) < 4.78 is 5.12. The molecule has 0 heterocycles. The molecule has 3 nitrogen and oxygen atoms in total. The van der Waals surface area contributed by atoms with E-state index in [1.165, 1.54) is 6.42 Å². The van der Waals surface area contributed by atoms with Crippen molar-refractivity contribution < 1.29 is 4.74 Å². The molecule has 0 rings (SSSR count).